The number of hydrogen-bond donors (Lipinski definition) is 3. The molecular weight excluding hydrogens is 410 g/mol. The van der Waals surface area contributed by atoms with Crippen LogP contribution in [-0.2, 0) is 6.54 Å². The molecule has 1 aliphatic carbocycles. The molecule has 160 valence electrons. The van der Waals surface area contributed by atoms with Gasteiger partial charge in [0.2, 0.25) is 5.95 Å². The molecule has 3 heterocycles. The van der Waals surface area contributed by atoms with Gasteiger partial charge in [-0.15, -0.1) is 11.3 Å². The fourth-order valence-electron chi connectivity index (χ4n) is 4.14. The number of para-hydroxylation sites is 1. The summed E-state index contributed by atoms with van der Waals surface area (Å²) in [4.78, 5) is 14.4. The molecule has 0 spiro atoms. The molecule has 1 saturated carbocycles. The van der Waals surface area contributed by atoms with Gasteiger partial charge in [0.1, 0.15) is 16.6 Å². The smallest absolute Gasteiger partial charge is 0.225 e. The Hall–Kier alpha value is -2.97. The zero-order valence-electron chi connectivity index (χ0n) is 17.3. The fraction of sp³-hybridized carbons (Fsp3) is 0.348. The van der Waals surface area contributed by atoms with E-state index in [2.05, 4.69) is 16.7 Å². The number of aromatic nitrogens is 3. The highest BCUT2D eigenvalue weighted by Crippen LogP contribution is 2.37. The number of aryl methyl sites for hydroxylation is 1. The molecule has 5 rings (SSSR count). The number of fused-ring (bicyclic) bond motifs is 1. The lowest BCUT2D eigenvalue weighted by Crippen LogP contribution is -2.19. The van der Waals surface area contributed by atoms with Crippen LogP contribution in [0, 0.1) is 12.8 Å². The second-order valence-electron chi connectivity index (χ2n) is 7.98. The summed E-state index contributed by atoms with van der Waals surface area (Å²) in [5, 5.41) is 17.3. The highest BCUT2D eigenvalue weighted by atomic mass is 32.1. The van der Waals surface area contributed by atoms with Crippen LogP contribution in [0.1, 0.15) is 30.7 Å². The molecule has 3 aromatic heterocycles. The van der Waals surface area contributed by atoms with Gasteiger partial charge in [-0.3, -0.25) is 0 Å². The number of aliphatic hydroxyl groups is 1. The molecule has 8 heteroatoms. The molecule has 2 atom stereocenters. The van der Waals surface area contributed by atoms with Gasteiger partial charge in [0.05, 0.1) is 34.3 Å². The van der Waals surface area contributed by atoms with Crippen molar-refractivity contribution in [3.8, 4) is 10.6 Å². The van der Waals surface area contributed by atoms with Gasteiger partial charge in [-0.2, -0.15) is 4.98 Å². The lowest BCUT2D eigenvalue weighted by molar-refractivity contribution is 0.229. The Balaban J connectivity index is 1.50. The molecule has 0 bridgehead atoms. The van der Waals surface area contributed by atoms with Crippen molar-refractivity contribution >= 4 is 33.3 Å². The van der Waals surface area contributed by atoms with E-state index in [9.17, 15) is 5.11 Å². The van der Waals surface area contributed by atoms with Gasteiger partial charge in [-0.25, -0.2) is 9.97 Å². The fourth-order valence-corrected chi connectivity index (χ4v) is 5.20. The predicted molar refractivity (Wildman–Crippen MR) is 123 cm³/mol. The molecule has 4 aromatic rings. The van der Waals surface area contributed by atoms with E-state index in [1.54, 1.807) is 17.6 Å². The minimum absolute atomic E-state index is 0.238. The van der Waals surface area contributed by atoms with Crippen LogP contribution in [0.25, 0.3) is 20.8 Å². The quantitative estimate of drug-likeness (QED) is 0.382. The number of thiazole rings is 1. The summed E-state index contributed by atoms with van der Waals surface area (Å²) < 4.78 is 6.55. The number of nitrogens with one attached hydrogen (secondary N) is 2. The summed E-state index contributed by atoms with van der Waals surface area (Å²) >= 11 is 1.65. The number of nitrogens with zero attached hydrogens (tertiary/aromatic N) is 3. The largest absolute Gasteiger partial charge is 0.467 e. The van der Waals surface area contributed by atoms with Crippen LogP contribution in [-0.4, -0.2) is 32.7 Å². The second kappa shape index (κ2) is 8.64. The second-order valence-corrected chi connectivity index (χ2v) is 9.01. The van der Waals surface area contributed by atoms with Crippen molar-refractivity contribution < 1.29 is 9.52 Å². The van der Waals surface area contributed by atoms with Crippen LogP contribution >= 0.6 is 11.3 Å². The summed E-state index contributed by atoms with van der Waals surface area (Å²) in [7, 11) is 0. The Bertz CT molecular complexity index is 1140. The van der Waals surface area contributed by atoms with Gasteiger partial charge in [-0.05, 0) is 56.4 Å². The number of hydrogen-bond acceptors (Lipinski definition) is 8. The Morgan fingerprint density at radius 2 is 2.03 bits per heavy atom. The van der Waals surface area contributed by atoms with Crippen molar-refractivity contribution in [3.63, 3.8) is 0 Å². The summed E-state index contributed by atoms with van der Waals surface area (Å²) in [5.74, 6) is 2.52. The molecule has 7 nitrogen and oxygen atoms in total. The topological polar surface area (TPSA) is 96.1 Å². The van der Waals surface area contributed by atoms with Crippen LogP contribution < -0.4 is 10.6 Å². The maximum Gasteiger partial charge on any atom is 0.225 e. The molecule has 1 aliphatic rings. The Kier molecular flexibility index (Phi) is 5.57. The van der Waals surface area contributed by atoms with E-state index in [0.717, 1.165) is 57.3 Å². The van der Waals surface area contributed by atoms with E-state index >= 15 is 0 Å². The summed E-state index contributed by atoms with van der Waals surface area (Å²) in [6.45, 7) is 2.75. The zero-order valence-corrected chi connectivity index (χ0v) is 18.2. The number of rotatable bonds is 7. The van der Waals surface area contributed by atoms with Crippen LogP contribution in [0.2, 0.25) is 0 Å². The summed E-state index contributed by atoms with van der Waals surface area (Å²) in [5.41, 5.74) is 2.79. The van der Waals surface area contributed by atoms with Crippen LogP contribution in [0.4, 0.5) is 11.8 Å². The first kappa shape index (κ1) is 20.0. The van der Waals surface area contributed by atoms with Crippen molar-refractivity contribution in [3.05, 3.63) is 54.1 Å². The van der Waals surface area contributed by atoms with Crippen molar-refractivity contribution in [2.75, 3.05) is 17.2 Å². The molecule has 31 heavy (non-hydrogen) atoms. The Morgan fingerprint density at radius 3 is 2.81 bits per heavy atom. The lowest BCUT2D eigenvalue weighted by atomic mass is 10.1. The molecular formula is C23H25N5O2S. The highest BCUT2D eigenvalue weighted by Gasteiger charge is 2.26. The Labute approximate surface area is 184 Å². The van der Waals surface area contributed by atoms with E-state index in [1.165, 1.54) is 0 Å². The molecule has 1 unspecified atom stereocenters. The number of anilines is 2. The third-order valence-electron chi connectivity index (χ3n) is 5.74. The third kappa shape index (κ3) is 4.26. The van der Waals surface area contributed by atoms with Crippen molar-refractivity contribution in [1.82, 2.24) is 15.0 Å². The highest BCUT2D eigenvalue weighted by molar-refractivity contribution is 7.21. The Morgan fingerprint density at radius 1 is 1.13 bits per heavy atom. The SMILES string of the molecule is Cc1nc(NCc2ccco2)nc(NC2CC[C@@H](CO)C2)c1-c1nc2ccccc2s1. The van der Waals surface area contributed by atoms with Gasteiger partial charge in [0.15, 0.2) is 0 Å². The van der Waals surface area contributed by atoms with Crippen LogP contribution in [0.5, 0.6) is 0 Å². The monoisotopic (exact) mass is 435 g/mol. The number of furan rings is 1. The first-order chi connectivity index (χ1) is 15.2. The predicted octanol–water partition coefficient (Wildman–Crippen LogP) is 4.84. The first-order valence-electron chi connectivity index (χ1n) is 10.6. The van der Waals surface area contributed by atoms with E-state index in [1.807, 2.05) is 37.3 Å². The third-order valence-corrected chi connectivity index (χ3v) is 6.79. The average molecular weight is 436 g/mol. The summed E-state index contributed by atoms with van der Waals surface area (Å²) in [6, 6.07) is 12.2. The van der Waals surface area contributed by atoms with E-state index in [4.69, 9.17) is 19.4 Å². The summed E-state index contributed by atoms with van der Waals surface area (Å²) in [6.07, 6.45) is 4.64. The number of benzene rings is 1. The minimum atomic E-state index is 0.238. The maximum atomic E-state index is 9.53. The van der Waals surface area contributed by atoms with Gasteiger partial charge in [0, 0.05) is 12.6 Å². The normalized spacial score (nSPS) is 18.5. The molecule has 0 amide bonds. The lowest BCUT2D eigenvalue weighted by Gasteiger charge is -2.18. The van der Waals surface area contributed by atoms with E-state index in [0.29, 0.717) is 18.4 Å². The van der Waals surface area contributed by atoms with Gasteiger partial charge < -0.3 is 20.2 Å². The van der Waals surface area contributed by atoms with Crippen molar-refractivity contribution in [2.24, 2.45) is 5.92 Å². The average Bonchev–Trinajstić information content (AvgIpc) is 3.52. The van der Waals surface area contributed by atoms with Crippen LogP contribution in [0.15, 0.2) is 47.1 Å². The van der Waals surface area contributed by atoms with Crippen molar-refractivity contribution in [2.45, 2.75) is 38.8 Å². The van der Waals surface area contributed by atoms with Gasteiger partial charge >= 0.3 is 0 Å². The minimum Gasteiger partial charge on any atom is -0.467 e. The molecule has 0 radical (unpaired) electrons. The molecule has 0 aliphatic heterocycles. The van der Waals surface area contributed by atoms with Crippen molar-refractivity contribution in [1.29, 1.82) is 0 Å². The molecule has 3 N–H and O–H groups in total. The maximum absolute atomic E-state index is 9.53. The standard InChI is InChI=1S/C23H25N5O2S/c1-14-20(22-27-18-6-2-3-7-19(18)31-22)21(26-16-9-8-15(11-16)13-29)28-23(25-14)24-12-17-5-4-10-30-17/h2-7,10,15-16,29H,8-9,11-13H2,1H3,(H2,24,25,26,28)/t15-,16?/m1/s1. The number of aliphatic hydroxyl groups excluding tert-OH is 1. The van der Waals surface area contributed by atoms with Gasteiger partial charge in [-0.1, -0.05) is 12.1 Å². The van der Waals surface area contributed by atoms with Crippen LogP contribution in [0.3, 0.4) is 0 Å². The molecule has 1 fully saturated rings. The zero-order chi connectivity index (χ0) is 21.2. The van der Waals surface area contributed by atoms with E-state index < -0.39 is 0 Å². The molecule has 1 aromatic carbocycles. The molecule has 0 saturated heterocycles. The van der Waals surface area contributed by atoms with Gasteiger partial charge in [0.25, 0.3) is 0 Å². The van der Waals surface area contributed by atoms with E-state index in [-0.39, 0.29) is 12.6 Å². The first-order valence-corrected chi connectivity index (χ1v) is 11.4.